The van der Waals surface area contributed by atoms with E-state index in [1.54, 1.807) is 22.5 Å². The Balaban J connectivity index is 1.88. The van der Waals surface area contributed by atoms with Gasteiger partial charge >= 0.3 is 10.2 Å². The molecule has 2 N–H and O–H groups in total. The molecule has 1 aromatic rings. The second kappa shape index (κ2) is 5.23. The lowest BCUT2D eigenvalue weighted by molar-refractivity contribution is 0.280. The molecular weight excluding hydrogens is 278 g/mol. The lowest BCUT2D eigenvalue weighted by atomic mass is 10.1. The molecule has 0 radical (unpaired) electrons. The molecule has 20 heavy (non-hydrogen) atoms. The van der Waals surface area contributed by atoms with E-state index in [0.29, 0.717) is 18.8 Å². The molecule has 0 amide bonds. The zero-order valence-corrected chi connectivity index (χ0v) is 12.0. The summed E-state index contributed by atoms with van der Waals surface area (Å²) in [7, 11) is -3.52. The molecular formula is C13H19N3O3S. The van der Waals surface area contributed by atoms with Crippen molar-refractivity contribution in [2.45, 2.75) is 18.9 Å². The summed E-state index contributed by atoms with van der Waals surface area (Å²) in [5, 5.41) is 13.1. The molecule has 2 aliphatic heterocycles. The normalized spacial score (nSPS) is 24.1. The van der Waals surface area contributed by atoms with Crippen LogP contribution in [0.3, 0.4) is 0 Å². The lowest BCUT2D eigenvalue weighted by Crippen LogP contribution is -2.45. The minimum Gasteiger partial charge on any atom is -0.506 e. The maximum absolute atomic E-state index is 12.7. The minimum absolute atomic E-state index is 0.00300. The van der Waals surface area contributed by atoms with Crippen molar-refractivity contribution in [3.05, 3.63) is 24.3 Å². The van der Waals surface area contributed by atoms with Crippen LogP contribution in [0.15, 0.2) is 24.3 Å². The molecule has 0 unspecified atom stereocenters. The van der Waals surface area contributed by atoms with E-state index in [1.165, 1.54) is 10.4 Å². The van der Waals surface area contributed by atoms with Crippen molar-refractivity contribution in [2.75, 3.05) is 30.5 Å². The number of piperidine rings is 1. The van der Waals surface area contributed by atoms with Crippen LogP contribution in [0.4, 0.5) is 5.69 Å². The second-order valence-corrected chi connectivity index (χ2v) is 6.97. The van der Waals surface area contributed by atoms with Crippen LogP contribution in [0.1, 0.15) is 12.8 Å². The van der Waals surface area contributed by atoms with Crippen LogP contribution >= 0.6 is 0 Å². The predicted molar refractivity (Wildman–Crippen MR) is 77.0 cm³/mol. The van der Waals surface area contributed by atoms with Crippen molar-refractivity contribution >= 4 is 15.9 Å². The predicted octanol–water partition coefficient (Wildman–Crippen LogP) is 0.511. The third-order valence-corrected chi connectivity index (χ3v) is 5.97. The molecule has 0 aliphatic carbocycles. The number of benzene rings is 1. The number of hydrogen-bond donors (Lipinski definition) is 2. The molecule has 110 valence electrons. The maximum atomic E-state index is 12.7. The van der Waals surface area contributed by atoms with Crippen molar-refractivity contribution in [1.29, 1.82) is 0 Å². The summed E-state index contributed by atoms with van der Waals surface area (Å²) in [5.41, 5.74) is 0.365. The number of nitrogens with zero attached hydrogens (tertiary/aromatic N) is 2. The van der Waals surface area contributed by atoms with Gasteiger partial charge in [0.25, 0.3) is 0 Å². The van der Waals surface area contributed by atoms with Crippen LogP contribution in [0.2, 0.25) is 0 Å². The van der Waals surface area contributed by atoms with Gasteiger partial charge in [-0.25, -0.2) is 0 Å². The van der Waals surface area contributed by atoms with Crippen molar-refractivity contribution in [1.82, 2.24) is 9.62 Å². The van der Waals surface area contributed by atoms with Crippen molar-refractivity contribution in [3.63, 3.8) is 0 Å². The van der Waals surface area contributed by atoms with Gasteiger partial charge in [-0.05, 0) is 38.1 Å². The summed E-state index contributed by atoms with van der Waals surface area (Å²) in [6.45, 7) is 2.59. The van der Waals surface area contributed by atoms with Crippen LogP contribution in [-0.2, 0) is 10.2 Å². The van der Waals surface area contributed by atoms with Gasteiger partial charge in [0.15, 0.2) is 0 Å². The van der Waals surface area contributed by atoms with Crippen LogP contribution in [0.25, 0.3) is 0 Å². The van der Waals surface area contributed by atoms with Crippen LogP contribution in [0.5, 0.6) is 5.75 Å². The molecule has 0 saturated carbocycles. The van der Waals surface area contributed by atoms with Crippen molar-refractivity contribution in [3.8, 4) is 5.75 Å². The summed E-state index contributed by atoms with van der Waals surface area (Å²) < 4.78 is 28.2. The molecule has 3 rings (SSSR count). The monoisotopic (exact) mass is 297 g/mol. The third-order valence-electron chi connectivity index (χ3n) is 3.96. The third kappa shape index (κ3) is 2.25. The summed E-state index contributed by atoms with van der Waals surface area (Å²) in [4.78, 5) is 0. The van der Waals surface area contributed by atoms with Gasteiger partial charge in [-0.15, -0.1) is 0 Å². The van der Waals surface area contributed by atoms with E-state index < -0.39 is 10.2 Å². The highest BCUT2D eigenvalue weighted by atomic mass is 32.2. The first-order chi connectivity index (χ1) is 9.60. The number of hydrogen-bond acceptors (Lipinski definition) is 4. The van der Waals surface area contributed by atoms with Crippen molar-refractivity contribution < 1.29 is 13.5 Å². The Labute approximate surface area is 119 Å². The smallest absolute Gasteiger partial charge is 0.304 e. The molecule has 2 heterocycles. The molecule has 1 aromatic carbocycles. The Morgan fingerprint density at radius 2 is 1.85 bits per heavy atom. The molecule has 0 bridgehead atoms. The number of rotatable bonds is 2. The molecule has 6 nitrogen and oxygen atoms in total. The zero-order valence-electron chi connectivity index (χ0n) is 11.2. The molecule has 0 atom stereocenters. The number of nitrogens with one attached hydrogen (secondary N) is 1. The standard InChI is InChI=1S/C13H19N3O3S/c17-13-4-2-1-3-12(13)16-10-9-15(20(16,18)19)11-5-7-14-8-6-11/h1-4,11,14,17H,5-10H2. The largest absolute Gasteiger partial charge is 0.506 e. The van der Waals surface area contributed by atoms with E-state index >= 15 is 0 Å². The van der Waals surface area contributed by atoms with Crippen LogP contribution in [0, 0.1) is 0 Å². The fourth-order valence-corrected chi connectivity index (χ4v) is 4.80. The Kier molecular flexibility index (Phi) is 3.57. The van der Waals surface area contributed by atoms with Gasteiger partial charge < -0.3 is 10.4 Å². The topological polar surface area (TPSA) is 72.9 Å². The van der Waals surface area contributed by atoms with Gasteiger partial charge in [-0.1, -0.05) is 12.1 Å². The average molecular weight is 297 g/mol. The molecule has 2 fully saturated rings. The SMILES string of the molecule is O=S1(=O)N(c2ccccc2O)CCN1C1CCNCC1. The highest BCUT2D eigenvalue weighted by Crippen LogP contribution is 2.34. The minimum atomic E-state index is -3.52. The van der Waals surface area contributed by atoms with E-state index in [-0.39, 0.29) is 11.8 Å². The lowest BCUT2D eigenvalue weighted by Gasteiger charge is -2.30. The highest BCUT2D eigenvalue weighted by Gasteiger charge is 2.41. The molecule has 2 saturated heterocycles. The summed E-state index contributed by atoms with van der Waals surface area (Å²) in [5.74, 6) is 0.00300. The number of aromatic hydroxyl groups is 1. The zero-order chi connectivity index (χ0) is 14.2. The quantitative estimate of drug-likeness (QED) is 0.834. The maximum Gasteiger partial charge on any atom is 0.304 e. The number of phenolic OH excluding ortho intramolecular Hbond substituents is 1. The summed E-state index contributed by atoms with van der Waals surface area (Å²) in [6.07, 6.45) is 1.68. The van der Waals surface area contributed by atoms with Gasteiger partial charge in [-0.2, -0.15) is 12.7 Å². The molecule has 7 heteroatoms. The summed E-state index contributed by atoms with van der Waals surface area (Å²) >= 11 is 0. The molecule has 0 spiro atoms. The second-order valence-electron chi connectivity index (χ2n) is 5.16. The Morgan fingerprint density at radius 3 is 2.55 bits per heavy atom. The Hall–Kier alpha value is -1.31. The fraction of sp³-hybridized carbons (Fsp3) is 0.538. The van der Waals surface area contributed by atoms with Gasteiger partial charge in [0.1, 0.15) is 5.75 Å². The van der Waals surface area contributed by atoms with E-state index in [4.69, 9.17) is 0 Å². The van der Waals surface area contributed by atoms with Crippen LogP contribution < -0.4 is 9.62 Å². The average Bonchev–Trinajstić information content (AvgIpc) is 2.76. The van der Waals surface area contributed by atoms with Crippen LogP contribution in [-0.4, -0.2) is 50.1 Å². The highest BCUT2D eigenvalue weighted by molar-refractivity contribution is 7.90. The van der Waals surface area contributed by atoms with E-state index in [2.05, 4.69) is 5.32 Å². The number of para-hydroxylation sites is 2. The molecule has 0 aromatic heterocycles. The Bertz CT molecular complexity index is 584. The number of anilines is 1. The van der Waals surface area contributed by atoms with Gasteiger partial charge in [-0.3, -0.25) is 4.31 Å². The van der Waals surface area contributed by atoms with Gasteiger partial charge in [0, 0.05) is 19.1 Å². The summed E-state index contributed by atoms with van der Waals surface area (Å²) in [6, 6.07) is 6.64. The first-order valence-corrected chi connectivity index (χ1v) is 8.28. The molecule has 2 aliphatic rings. The fourth-order valence-electron chi connectivity index (χ4n) is 2.93. The number of phenols is 1. The van der Waals surface area contributed by atoms with E-state index in [0.717, 1.165) is 25.9 Å². The van der Waals surface area contributed by atoms with Crippen molar-refractivity contribution in [2.24, 2.45) is 0 Å². The Morgan fingerprint density at radius 1 is 1.15 bits per heavy atom. The van der Waals surface area contributed by atoms with E-state index in [9.17, 15) is 13.5 Å². The van der Waals surface area contributed by atoms with E-state index in [1.807, 2.05) is 0 Å². The first kappa shape index (κ1) is 13.7. The van der Waals surface area contributed by atoms with Gasteiger partial charge in [0.2, 0.25) is 0 Å². The van der Waals surface area contributed by atoms with Gasteiger partial charge in [0.05, 0.1) is 5.69 Å². The first-order valence-electron chi connectivity index (χ1n) is 6.89.